The van der Waals surface area contributed by atoms with Crippen LogP contribution in [0.2, 0.25) is 0 Å². The van der Waals surface area contributed by atoms with E-state index in [0.29, 0.717) is 26.2 Å². The molecule has 14 nitrogen and oxygen atoms in total. The molecule has 2 heterocycles. The number of aliphatic carboxylic acids is 2. The van der Waals surface area contributed by atoms with E-state index in [1.54, 1.807) is 46.5 Å². The monoisotopic (exact) mass is 550 g/mol. The zero-order valence-electron chi connectivity index (χ0n) is 17.6. The molecule has 0 bridgehead atoms. The molecule has 0 saturated carbocycles. The number of halogens is 1. The second-order valence-corrected chi connectivity index (χ2v) is 6.94. The third-order valence-electron chi connectivity index (χ3n) is 3.66. The van der Waals surface area contributed by atoms with Crippen molar-refractivity contribution < 1.29 is 76.4 Å². The van der Waals surface area contributed by atoms with Gasteiger partial charge in [0.25, 0.3) is 0 Å². The Morgan fingerprint density at radius 2 is 1.06 bits per heavy atom. The number of aromatic nitrogens is 2. The fourth-order valence-corrected chi connectivity index (χ4v) is 2.52. The van der Waals surface area contributed by atoms with Crippen LogP contribution in [0.4, 0.5) is 0 Å². The van der Waals surface area contributed by atoms with E-state index in [0.717, 1.165) is 11.4 Å². The minimum absolute atomic E-state index is 0. The van der Waals surface area contributed by atoms with Crippen molar-refractivity contribution >= 4 is 11.9 Å². The first kappa shape index (κ1) is 36.3. The summed E-state index contributed by atoms with van der Waals surface area (Å²) < 4.78 is 34.0. The maximum Gasteiger partial charge on any atom is 3.00 e. The standard InChI is InChI=1S/C18H22N4O4.ClHO4.Co.2H2O/c23-17(24)13-21(11-15-5-1-3-7-19-15)9-10-22(14-18(25)26)12-16-6-2-4-8-20-16;2-1(3,4)5;;;/h1-8H,9-14H2,(H,23,24)(H,25,26);(H,2,3,4,5);;2*1H2/q;;+3;;/p-3. The van der Waals surface area contributed by atoms with Crippen LogP contribution in [0.3, 0.4) is 0 Å². The molecule has 2 aromatic rings. The fraction of sp³-hybridized carbons (Fsp3) is 0.333. The molecule has 0 unspecified atom stereocenters. The molecule has 192 valence electrons. The molecule has 0 fully saturated rings. The maximum atomic E-state index is 11.0. The van der Waals surface area contributed by atoms with Crippen molar-refractivity contribution in [1.82, 2.24) is 19.8 Å². The molecule has 4 N–H and O–H groups in total. The van der Waals surface area contributed by atoms with Crippen LogP contribution in [0.5, 0.6) is 0 Å². The number of hydrogen-bond donors (Lipinski definition) is 0. The van der Waals surface area contributed by atoms with Crippen molar-refractivity contribution in [3.63, 3.8) is 0 Å². The zero-order chi connectivity index (χ0) is 23.3. The molecule has 2 aromatic heterocycles. The molecule has 0 atom stereocenters. The summed E-state index contributed by atoms with van der Waals surface area (Å²) in [5.41, 5.74) is 1.45. The first-order valence-corrected chi connectivity index (χ1v) is 10.0. The van der Waals surface area contributed by atoms with E-state index in [4.69, 9.17) is 18.6 Å². The Balaban J connectivity index is -0.00000109. The third kappa shape index (κ3) is 20.3. The molecular weight excluding hydrogens is 527 g/mol. The minimum Gasteiger partial charge on any atom is -0.549 e. The van der Waals surface area contributed by atoms with E-state index in [-0.39, 0.29) is 40.8 Å². The average molecular weight is 551 g/mol. The van der Waals surface area contributed by atoms with Crippen LogP contribution >= 0.6 is 0 Å². The van der Waals surface area contributed by atoms with Crippen molar-refractivity contribution in [2.45, 2.75) is 13.1 Å². The largest absolute Gasteiger partial charge is 3.00 e. The molecule has 34 heavy (non-hydrogen) atoms. The number of carbonyl (C=O) groups excluding carboxylic acids is 2. The van der Waals surface area contributed by atoms with E-state index in [9.17, 15) is 19.8 Å². The first-order valence-electron chi connectivity index (χ1n) is 8.79. The van der Waals surface area contributed by atoms with Crippen molar-refractivity contribution in [3.05, 3.63) is 60.2 Å². The fourth-order valence-electron chi connectivity index (χ4n) is 2.52. The molecule has 2 rings (SSSR count). The van der Waals surface area contributed by atoms with E-state index in [1.165, 1.54) is 0 Å². The van der Waals surface area contributed by atoms with Gasteiger partial charge in [0.1, 0.15) is 0 Å². The predicted octanol–water partition coefficient (Wildman–Crippen LogP) is -8.13. The molecular formula is C18H24ClCoN4O10. The Hall–Kier alpha value is -2.28. The van der Waals surface area contributed by atoms with Crippen molar-refractivity contribution in [1.29, 1.82) is 0 Å². The van der Waals surface area contributed by atoms with E-state index >= 15 is 0 Å². The van der Waals surface area contributed by atoms with Gasteiger partial charge in [-0.3, -0.25) is 19.8 Å². The predicted molar refractivity (Wildman–Crippen MR) is 96.3 cm³/mol. The summed E-state index contributed by atoms with van der Waals surface area (Å²) >= 11 is 0. The summed E-state index contributed by atoms with van der Waals surface area (Å²) in [5.74, 6) is -2.39. The SMILES string of the molecule is O.O.O=C([O-])CN(CCN(CC(=O)[O-])Cc1ccccn1)Cc1ccccn1.[Co+3].[O-][Cl+3]([O-])([O-])[O-]. The van der Waals surface area contributed by atoms with Gasteiger partial charge in [-0.2, -0.15) is 0 Å². The Kier molecular flexibility index (Phi) is 20.4. The van der Waals surface area contributed by atoms with Crippen molar-refractivity contribution in [2.75, 3.05) is 26.2 Å². The van der Waals surface area contributed by atoms with Crippen molar-refractivity contribution in [3.8, 4) is 0 Å². The minimum atomic E-state index is -4.94. The smallest absolute Gasteiger partial charge is 0.549 e. The summed E-state index contributed by atoms with van der Waals surface area (Å²) in [5, 5.41) is 22.0. The van der Waals surface area contributed by atoms with Gasteiger partial charge in [-0.1, -0.05) is 12.1 Å². The normalized spacial score (nSPS) is 10.2. The molecule has 0 spiro atoms. The number of rotatable bonds is 11. The number of carbonyl (C=O) groups is 2. The van der Waals surface area contributed by atoms with E-state index in [1.807, 2.05) is 12.1 Å². The zero-order valence-corrected chi connectivity index (χ0v) is 19.4. The summed E-state index contributed by atoms with van der Waals surface area (Å²) in [6, 6.07) is 10.8. The van der Waals surface area contributed by atoms with Crippen LogP contribution in [-0.4, -0.2) is 68.8 Å². The maximum absolute atomic E-state index is 11.0. The first-order chi connectivity index (χ1) is 14.5. The molecule has 0 radical (unpaired) electrons. The third-order valence-corrected chi connectivity index (χ3v) is 3.66. The van der Waals surface area contributed by atoms with Gasteiger partial charge in [-0.25, -0.2) is 18.6 Å². The molecule has 16 heteroatoms. The van der Waals surface area contributed by atoms with Gasteiger partial charge in [-0.15, -0.1) is 10.2 Å². The van der Waals surface area contributed by atoms with Crippen LogP contribution in [0.15, 0.2) is 48.8 Å². The van der Waals surface area contributed by atoms with Crippen molar-refractivity contribution in [2.24, 2.45) is 0 Å². The van der Waals surface area contributed by atoms with Crippen LogP contribution in [0.25, 0.3) is 0 Å². The number of nitrogens with zero attached hydrogens (tertiary/aromatic N) is 4. The van der Waals surface area contributed by atoms with Gasteiger partial charge in [-0.05, 0) is 24.3 Å². The molecule has 0 aliphatic carbocycles. The Bertz CT molecular complexity index is 735. The summed E-state index contributed by atoms with van der Waals surface area (Å²) in [6.07, 6.45) is 3.27. The Labute approximate surface area is 207 Å². The summed E-state index contributed by atoms with van der Waals surface area (Å²) in [4.78, 5) is 33.7. The quantitative estimate of drug-likeness (QED) is 0.252. The van der Waals surface area contributed by atoms with Crippen LogP contribution < -0.4 is 28.8 Å². The molecule has 0 aliphatic rings. The summed E-state index contributed by atoms with van der Waals surface area (Å²) in [6.45, 7) is 0.809. The topological polar surface area (TPSA) is 268 Å². The van der Waals surface area contributed by atoms with Gasteiger partial charge in [0, 0.05) is 51.7 Å². The molecule has 0 aromatic carbocycles. The van der Waals surface area contributed by atoms with Gasteiger partial charge < -0.3 is 30.8 Å². The Morgan fingerprint density at radius 3 is 1.29 bits per heavy atom. The van der Waals surface area contributed by atoms with Gasteiger partial charge in [0.15, 0.2) is 0 Å². The van der Waals surface area contributed by atoms with Crippen LogP contribution in [-0.2, 0) is 39.5 Å². The van der Waals surface area contributed by atoms with E-state index in [2.05, 4.69) is 9.97 Å². The number of pyridine rings is 2. The van der Waals surface area contributed by atoms with Gasteiger partial charge in [0.05, 0.1) is 23.3 Å². The number of carboxylic acid groups (broad SMARTS) is 2. The average Bonchev–Trinajstić information content (AvgIpc) is 2.65. The number of hydrogen-bond acceptors (Lipinski definition) is 12. The van der Waals surface area contributed by atoms with Crippen LogP contribution in [0, 0.1) is 10.2 Å². The summed E-state index contributed by atoms with van der Waals surface area (Å²) in [7, 11) is -4.94. The van der Waals surface area contributed by atoms with Gasteiger partial charge in [0.2, 0.25) is 0 Å². The van der Waals surface area contributed by atoms with Crippen LogP contribution in [0.1, 0.15) is 11.4 Å². The molecule has 0 aliphatic heterocycles. The molecule has 0 saturated heterocycles. The number of carboxylic acids is 2. The Morgan fingerprint density at radius 1 is 0.735 bits per heavy atom. The van der Waals surface area contributed by atoms with Gasteiger partial charge >= 0.3 is 16.8 Å². The second-order valence-electron chi connectivity index (χ2n) is 6.19. The molecule has 0 amide bonds. The van der Waals surface area contributed by atoms with E-state index < -0.39 is 22.2 Å². The second kappa shape index (κ2) is 19.1.